The summed E-state index contributed by atoms with van der Waals surface area (Å²) in [6.45, 7) is 4.73. The lowest BCUT2D eigenvalue weighted by Crippen LogP contribution is -2.33. The molecule has 7 heteroatoms. The molecule has 1 aromatic rings. The van der Waals surface area contributed by atoms with E-state index in [0.717, 1.165) is 4.31 Å². The molecule has 1 amide bonds. The third kappa shape index (κ3) is 2.64. The average molecular weight is 298 g/mol. The topological polar surface area (TPSA) is 89.7 Å². The molecule has 1 aromatic carbocycles. The first kappa shape index (κ1) is 14.8. The van der Waals surface area contributed by atoms with Crippen molar-refractivity contribution >= 4 is 21.6 Å². The lowest BCUT2D eigenvalue weighted by molar-refractivity contribution is 0.0759. The zero-order valence-corrected chi connectivity index (χ0v) is 12.3. The van der Waals surface area contributed by atoms with E-state index < -0.39 is 15.9 Å². The van der Waals surface area contributed by atoms with Crippen LogP contribution in [-0.4, -0.2) is 38.4 Å². The molecule has 2 N–H and O–H groups in total. The minimum Gasteiger partial charge on any atom is -0.399 e. The van der Waals surface area contributed by atoms with Crippen LogP contribution in [0.5, 0.6) is 0 Å². The van der Waals surface area contributed by atoms with Gasteiger partial charge in [0.2, 0.25) is 0 Å². The Labute approximate surface area is 118 Å². The monoisotopic (exact) mass is 298 g/mol. The van der Waals surface area contributed by atoms with Crippen molar-refractivity contribution in [1.82, 2.24) is 4.31 Å². The maximum atomic E-state index is 12.2. The molecule has 0 saturated heterocycles. The molecule has 0 bridgehead atoms. The van der Waals surface area contributed by atoms with Gasteiger partial charge in [0.25, 0.3) is 15.9 Å². The highest BCUT2D eigenvalue weighted by molar-refractivity contribution is 7.90. The van der Waals surface area contributed by atoms with Crippen molar-refractivity contribution in [2.45, 2.75) is 18.7 Å². The molecule has 0 atom stereocenters. The van der Waals surface area contributed by atoms with Crippen molar-refractivity contribution in [1.29, 1.82) is 0 Å². The Kier molecular flexibility index (Phi) is 4.01. The molecule has 0 aromatic heterocycles. The molecule has 110 valence electrons. The van der Waals surface area contributed by atoms with E-state index in [0.29, 0.717) is 18.2 Å². The standard InChI is InChI=1S/C13H18N2O4S/c1-9(2)8-19-6-5-15-13(16)11-7-10(14)3-4-12(11)20(15,17)18/h3-4,7,9H,5-6,8,14H2,1-2H3. The van der Waals surface area contributed by atoms with Crippen molar-refractivity contribution in [3.63, 3.8) is 0 Å². The molecule has 1 aliphatic heterocycles. The molecule has 0 unspecified atom stereocenters. The predicted molar refractivity (Wildman–Crippen MR) is 74.7 cm³/mol. The highest BCUT2D eigenvalue weighted by atomic mass is 32.2. The summed E-state index contributed by atoms with van der Waals surface area (Å²) in [5.41, 5.74) is 6.09. The molecule has 1 aliphatic rings. The number of rotatable bonds is 5. The number of nitrogens with two attached hydrogens (primary N) is 1. The Balaban J connectivity index is 2.15. The summed E-state index contributed by atoms with van der Waals surface area (Å²) in [6, 6.07) is 4.24. The van der Waals surface area contributed by atoms with Gasteiger partial charge in [-0.25, -0.2) is 12.7 Å². The van der Waals surface area contributed by atoms with Crippen molar-refractivity contribution in [3.05, 3.63) is 23.8 Å². The Hall–Kier alpha value is -1.60. The van der Waals surface area contributed by atoms with Crippen LogP contribution >= 0.6 is 0 Å². The van der Waals surface area contributed by atoms with Gasteiger partial charge in [-0.3, -0.25) is 4.79 Å². The summed E-state index contributed by atoms with van der Waals surface area (Å²) in [6.07, 6.45) is 0. The molecule has 1 heterocycles. The smallest absolute Gasteiger partial charge is 0.269 e. The lowest BCUT2D eigenvalue weighted by Gasteiger charge is -2.15. The van der Waals surface area contributed by atoms with Gasteiger partial charge in [-0.1, -0.05) is 13.8 Å². The van der Waals surface area contributed by atoms with Gasteiger partial charge < -0.3 is 10.5 Å². The van der Waals surface area contributed by atoms with Gasteiger partial charge in [0.05, 0.1) is 18.7 Å². The summed E-state index contributed by atoms with van der Waals surface area (Å²) in [4.78, 5) is 12.1. The van der Waals surface area contributed by atoms with Gasteiger partial charge in [-0.2, -0.15) is 0 Å². The van der Waals surface area contributed by atoms with E-state index in [-0.39, 0.29) is 23.6 Å². The van der Waals surface area contributed by atoms with E-state index in [4.69, 9.17) is 10.5 Å². The number of fused-ring (bicyclic) bond motifs is 1. The molecule has 0 spiro atoms. The summed E-state index contributed by atoms with van der Waals surface area (Å²) >= 11 is 0. The van der Waals surface area contributed by atoms with Gasteiger partial charge in [0.1, 0.15) is 4.90 Å². The fraction of sp³-hybridized carbons (Fsp3) is 0.462. The average Bonchev–Trinajstić information content (AvgIpc) is 2.54. The third-order valence-corrected chi connectivity index (χ3v) is 4.76. The summed E-state index contributed by atoms with van der Waals surface area (Å²) < 4.78 is 30.7. The van der Waals surface area contributed by atoms with E-state index in [1.54, 1.807) is 0 Å². The summed E-state index contributed by atoms with van der Waals surface area (Å²) in [5, 5.41) is 0. The first-order valence-electron chi connectivity index (χ1n) is 6.38. The Bertz CT molecular complexity index is 625. The fourth-order valence-corrected chi connectivity index (χ4v) is 3.52. The number of nitrogen functional groups attached to an aromatic ring is 1. The van der Waals surface area contributed by atoms with E-state index in [9.17, 15) is 13.2 Å². The van der Waals surface area contributed by atoms with Crippen LogP contribution in [0.1, 0.15) is 24.2 Å². The highest BCUT2D eigenvalue weighted by Crippen LogP contribution is 2.31. The second-order valence-corrected chi connectivity index (χ2v) is 6.94. The number of nitrogens with zero attached hydrogens (tertiary/aromatic N) is 1. The first-order valence-corrected chi connectivity index (χ1v) is 7.82. The molecule has 2 rings (SSSR count). The molecule has 6 nitrogen and oxygen atoms in total. The maximum absolute atomic E-state index is 12.2. The van der Waals surface area contributed by atoms with Crippen molar-refractivity contribution < 1.29 is 17.9 Å². The fourth-order valence-electron chi connectivity index (χ4n) is 1.99. The van der Waals surface area contributed by atoms with Crippen LogP contribution in [0.3, 0.4) is 0 Å². The van der Waals surface area contributed by atoms with Crippen molar-refractivity contribution in [2.75, 3.05) is 25.5 Å². The van der Waals surface area contributed by atoms with Crippen LogP contribution < -0.4 is 5.73 Å². The highest BCUT2D eigenvalue weighted by Gasteiger charge is 2.40. The van der Waals surface area contributed by atoms with Gasteiger partial charge >= 0.3 is 0 Å². The second-order valence-electron chi connectivity index (χ2n) is 5.11. The van der Waals surface area contributed by atoms with Gasteiger partial charge in [-0.15, -0.1) is 0 Å². The first-order chi connectivity index (χ1) is 9.34. The minimum atomic E-state index is -3.76. The molecule has 0 saturated carbocycles. The molecule has 20 heavy (non-hydrogen) atoms. The molecule has 0 fully saturated rings. The molecule has 0 radical (unpaired) electrons. The summed E-state index contributed by atoms with van der Waals surface area (Å²) in [7, 11) is -3.76. The zero-order valence-electron chi connectivity index (χ0n) is 11.5. The zero-order chi connectivity index (χ0) is 14.9. The van der Waals surface area contributed by atoms with Gasteiger partial charge in [0.15, 0.2) is 0 Å². The second kappa shape index (κ2) is 5.41. The number of anilines is 1. The van der Waals surface area contributed by atoms with Crippen LogP contribution in [0.25, 0.3) is 0 Å². The normalized spacial score (nSPS) is 16.8. The minimum absolute atomic E-state index is 0.0144. The number of ether oxygens (including phenoxy) is 1. The van der Waals surface area contributed by atoms with Gasteiger partial charge in [-0.05, 0) is 24.1 Å². The van der Waals surface area contributed by atoms with Crippen LogP contribution in [0, 0.1) is 5.92 Å². The maximum Gasteiger partial charge on any atom is 0.269 e. The number of hydrogen-bond acceptors (Lipinski definition) is 5. The SMILES string of the molecule is CC(C)COCCN1C(=O)c2cc(N)ccc2S1(=O)=O. The van der Waals surface area contributed by atoms with Crippen LogP contribution in [0.15, 0.2) is 23.1 Å². The van der Waals surface area contributed by atoms with Crippen molar-refractivity contribution in [3.8, 4) is 0 Å². The van der Waals surface area contributed by atoms with E-state index >= 15 is 0 Å². The number of benzene rings is 1. The van der Waals surface area contributed by atoms with Gasteiger partial charge in [0, 0.05) is 12.3 Å². The Morgan fingerprint density at radius 1 is 1.35 bits per heavy atom. The Morgan fingerprint density at radius 2 is 2.05 bits per heavy atom. The number of carbonyl (C=O) groups excluding carboxylic acids is 1. The van der Waals surface area contributed by atoms with Crippen LogP contribution in [-0.2, 0) is 14.8 Å². The van der Waals surface area contributed by atoms with E-state index in [1.807, 2.05) is 13.8 Å². The lowest BCUT2D eigenvalue weighted by atomic mass is 10.2. The van der Waals surface area contributed by atoms with E-state index in [2.05, 4.69) is 0 Å². The quantitative estimate of drug-likeness (QED) is 0.649. The summed E-state index contributed by atoms with van der Waals surface area (Å²) in [5.74, 6) is -0.182. The van der Waals surface area contributed by atoms with Crippen LogP contribution in [0.4, 0.5) is 5.69 Å². The third-order valence-electron chi connectivity index (χ3n) is 2.92. The Morgan fingerprint density at radius 3 is 2.70 bits per heavy atom. The molecule has 0 aliphatic carbocycles. The molecular formula is C13H18N2O4S. The number of hydrogen-bond donors (Lipinski definition) is 1. The van der Waals surface area contributed by atoms with Crippen LogP contribution in [0.2, 0.25) is 0 Å². The number of amides is 1. The number of carbonyl (C=O) groups is 1. The van der Waals surface area contributed by atoms with Crippen molar-refractivity contribution in [2.24, 2.45) is 5.92 Å². The number of sulfonamides is 1. The predicted octanol–water partition coefficient (Wildman–Crippen LogP) is 1.09. The van der Waals surface area contributed by atoms with E-state index in [1.165, 1.54) is 18.2 Å². The largest absolute Gasteiger partial charge is 0.399 e. The molecular weight excluding hydrogens is 280 g/mol.